The topological polar surface area (TPSA) is 26.0 Å². The predicted octanol–water partition coefficient (Wildman–Crippen LogP) is 3.32. The first kappa shape index (κ1) is 8.51. The van der Waals surface area contributed by atoms with E-state index in [-0.39, 0.29) is 11.5 Å². The van der Waals surface area contributed by atoms with Gasteiger partial charge in [0.2, 0.25) is 0 Å². The van der Waals surface area contributed by atoms with E-state index < -0.39 is 0 Å². The molecule has 0 saturated carbocycles. The Labute approximate surface area is 83.5 Å². The molecule has 0 fully saturated rings. The van der Waals surface area contributed by atoms with Crippen LogP contribution in [0.25, 0.3) is 10.8 Å². The molecule has 0 saturated heterocycles. The van der Waals surface area contributed by atoms with Gasteiger partial charge in [0.1, 0.15) is 0 Å². The van der Waals surface area contributed by atoms with E-state index in [9.17, 15) is 4.39 Å². The highest BCUT2D eigenvalue weighted by Crippen LogP contribution is 2.25. The van der Waals surface area contributed by atoms with Gasteiger partial charge in [0, 0.05) is 9.86 Å². The van der Waals surface area contributed by atoms with E-state index in [0.717, 1.165) is 9.86 Å². The van der Waals surface area contributed by atoms with Gasteiger partial charge in [0.05, 0.1) is 5.69 Å². The van der Waals surface area contributed by atoms with E-state index in [1.807, 2.05) is 6.07 Å². The van der Waals surface area contributed by atoms with Crippen LogP contribution in [-0.4, -0.2) is 0 Å². The second-order valence-corrected chi connectivity index (χ2v) is 3.75. The maximum absolute atomic E-state index is 13.4. The van der Waals surface area contributed by atoms with Gasteiger partial charge in [-0.1, -0.05) is 28.1 Å². The second kappa shape index (κ2) is 3.00. The molecule has 2 aromatic rings. The zero-order valence-corrected chi connectivity index (χ0v) is 8.31. The van der Waals surface area contributed by atoms with Crippen LogP contribution in [0.5, 0.6) is 0 Å². The molecule has 3 heteroatoms. The molecule has 0 radical (unpaired) electrons. The second-order valence-electron chi connectivity index (χ2n) is 2.83. The molecular formula is C10H7BrFN. The van der Waals surface area contributed by atoms with Gasteiger partial charge in [0.15, 0.2) is 5.82 Å². The van der Waals surface area contributed by atoms with Crippen molar-refractivity contribution in [3.05, 3.63) is 40.6 Å². The maximum Gasteiger partial charge on any atom is 0.153 e. The van der Waals surface area contributed by atoms with Crippen LogP contribution >= 0.6 is 15.9 Å². The minimum atomic E-state index is -0.343. The summed E-state index contributed by atoms with van der Waals surface area (Å²) in [5, 5.41) is 1.41. The highest BCUT2D eigenvalue weighted by Gasteiger charge is 2.03. The van der Waals surface area contributed by atoms with Crippen molar-refractivity contribution in [3.63, 3.8) is 0 Å². The molecule has 0 atom stereocenters. The van der Waals surface area contributed by atoms with E-state index in [0.29, 0.717) is 5.39 Å². The van der Waals surface area contributed by atoms with E-state index in [1.165, 1.54) is 0 Å². The number of halogens is 2. The molecule has 0 amide bonds. The number of hydrogen-bond acceptors (Lipinski definition) is 1. The Morgan fingerprint density at radius 3 is 2.69 bits per heavy atom. The lowest BCUT2D eigenvalue weighted by atomic mass is 10.1. The highest BCUT2D eigenvalue weighted by atomic mass is 79.9. The highest BCUT2D eigenvalue weighted by molar-refractivity contribution is 9.10. The molecule has 0 unspecified atom stereocenters. The number of nitrogen functional groups attached to an aromatic ring is 1. The largest absolute Gasteiger partial charge is 0.396 e. The molecule has 2 N–H and O–H groups in total. The van der Waals surface area contributed by atoms with Gasteiger partial charge in [-0.3, -0.25) is 0 Å². The number of fused-ring (bicyclic) bond motifs is 1. The SMILES string of the molecule is Nc1ccc2cc(Br)ccc2c1F. The van der Waals surface area contributed by atoms with E-state index in [1.54, 1.807) is 24.3 Å². The summed E-state index contributed by atoms with van der Waals surface area (Å²) in [6, 6.07) is 8.75. The third kappa shape index (κ3) is 1.40. The Balaban J connectivity index is 2.87. The summed E-state index contributed by atoms with van der Waals surface area (Å²) >= 11 is 3.32. The van der Waals surface area contributed by atoms with Gasteiger partial charge in [-0.05, 0) is 23.6 Å². The van der Waals surface area contributed by atoms with Gasteiger partial charge < -0.3 is 5.73 Å². The summed E-state index contributed by atoms with van der Waals surface area (Å²) in [6.07, 6.45) is 0. The summed E-state index contributed by atoms with van der Waals surface area (Å²) in [5.74, 6) is -0.343. The van der Waals surface area contributed by atoms with Crippen LogP contribution in [0.15, 0.2) is 34.8 Å². The minimum Gasteiger partial charge on any atom is -0.396 e. The summed E-state index contributed by atoms with van der Waals surface area (Å²) in [7, 11) is 0. The van der Waals surface area contributed by atoms with E-state index in [2.05, 4.69) is 15.9 Å². The van der Waals surface area contributed by atoms with E-state index in [4.69, 9.17) is 5.73 Å². The predicted molar refractivity (Wildman–Crippen MR) is 56.0 cm³/mol. The van der Waals surface area contributed by atoms with Gasteiger partial charge in [-0.2, -0.15) is 0 Å². The molecule has 13 heavy (non-hydrogen) atoms. The quantitative estimate of drug-likeness (QED) is 0.702. The van der Waals surface area contributed by atoms with Gasteiger partial charge >= 0.3 is 0 Å². The fraction of sp³-hybridized carbons (Fsp3) is 0. The number of anilines is 1. The maximum atomic E-state index is 13.4. The third-order valence-corrected chi connectivity index (χ3v) is 2.44. The van der Waals surface area contributed by atoms with Crippen molar-refractivity contribution in [1.29, 1.82) is 0 Å². The molecule has 0 spiro atoms. The summed E-state index contributed by atoms with van der Waals surface area (Å²) in [6.45, 7) is 0. The minimum absolute atomic E-state index is 0.190. The van der Waals surface area contributed by atoms with E-state index >= 15 is 0 Å². The average molecular weight is 240 g/mol. The number of benzene rings is 2. The van der Waals surface area contributed by atoms with Crippen LogP contribution in [0.2, 0.25) is 0 Å². The Bertz CT molecular complexity index is 468. The van der Waals surface area contributed by atoms with Crippen molar-refractivity contribution in [2.24, 2.45) is 0 Å². The lowest BCUT2D eigenvalue weighted by Crippen LogP contribution is -1.90. The summed E-state index contributed by atoms with van der Waals surface area (Å²) in [4.78, 5) is 0. The normalized spacial score (nSPS) is 10.6. The molecule has 2 rings (SSSR count). The summed E-state index contributed by atoms with van der Waals surface area (Å²) < 4.78 is 14.3. The van der Waals surface area contributed by atoms with Crippen LogP contribution in [0, 0.1) is 5.82 Å². The van der Waals surface area contributed by atoms with Gasteiger partial charge in [-0.25, -0.2) is 4.39 Å². The van der Waals surface area contributed by atoms with Crippen molar-refractivity contribution >= 4 is 32.4 Å². The summed E-state index contributed by atoms with van der Waals surface area (Å²) in [5.41, 5.74) is 5.63. The van der Waals surface area contributed by atoms with Crippen LogP contribution < -0.4 is 5.73 Å². The molecule has 0 aliphatic carbocycles. The fourth-order valence-electron chi connectivity index (χ4n) is 1.28. The van der Waals surface area contributed by atoms with Gasteiger partial charge in [-0.15, -0.1) is 0 Å². The Morgan fingerprint density at radius 1 is 1.15 bits per heavy atom. The molecule has 66 valence electrons. The average Bonchev–Trinajstić information content (AvgIpc) is 2.12. The van der Waals surface area contributed by atoms with Gasteiger partial charge in [0.25, 0.3) is 0 Å². The first-order valence-corrected chi connectivity index (χ1v) is 4.61. The van der Waals surface area contributed by atoms with Crippen LogP contribution in [0.1, 0.15) is 0 Å². The zero-order valence-electron chi connectivity index (χ0n) is 6.72. The molecule has 0 bridgehead atoms. The molecular weight excluding hydrogens is 233 g/mol. The van der Waals surface area contributed by atoms with Crippen LogP contribution in [0.4, 0.5) is 10.1 Å². The van der Waals surface area contributed by atoms with Crippen LogP contribution in [0.3, 0.4) is 0 Å². The molecule has 0 aliphatic rings. The van der Waals surface area contributed by atoms with Crippen LogP contribution in [-0.2, 0) is 0 Å². The zero-order chi connectivity index (χ0) is 9.42. The molecule has 1 nitrogen and oxygen atoms in total. The van der Waals surface area contributed by atoms with Crippen molar-refractivity contribution in [3.8, 4) is 0 Å². The first-order chi connectivity index (χ1) is 6.18. The first-order valence-electron chi connectivity index (χ1n) is 3.82. The standard InChI is InChI=1S/C10H7BrFN/c11-7-2-3-8-6(5-7)1-4-9(13)10(8)12/h1-5H,13H2. The Morgan fingerprint density at radius 2 is 1.92 bits per heavy atom. The number of nitrogens with two attached hydrogens (primary N) is 1. The van der Waals surface area contributed by atoms with Crippen molar-refractivity contribution in [2.75, 3.05) is 5.73 Å². The van der Waals surface area contributed by atoms with Crippen molar-refractivity contribution in [2.45, 2.75) is 0 Å². The molecule has 0 heterocycles. The van der Waals surface area contributed by atoms with Crippen molar-refractivity contribution < 1.29 is 4.39 Å². The lowest BCUT2D eigenvalue weighted by molar-refractivity contribution is 0.644. The van der Waals surface area contributed by atoms with Crippen molar-refractivity contribution in [1.82, 2.24) is 0 Å². The molecule has 2 aromatic carbocycles. The molecule has 0 aromatic heterocycles. The third-order valence-electron chi connectivity index (χ3n) is 1.95. The monoisotopic (exact) mass is 239 g/mol. The Kier molecular flexibility index (Phi) is 1.96. The molecule has 0 aliphatic heterocycles. The smallest absolute Gasteiger partial charge is 0.153 e. The number of rotatable bonds is 0. The Hall–Kier alpha value is -1.09. The fourth-order valence-corrected chi connectivity index (χ4v) is 1.66. The lowest BCUT2D eigenvalue weighted by Gasteiger charge is -2.02. The number of hydrogen-bond donors (Lipinski definition) is 1.